The van der Waals surface area contributed by atoms with E-state index < -0.39 is 39.2 Å². The quantitative estimate of drug-likeness (QED) is 0.511. The minimum absolute atomic E-state index is 0.0354. The number of rotatable bonds is 3. The summed E-state index contributed by atoms with van der Waals surface area (Å²) >= 11 is 0. The highest BCUT2D eigenvalue weighted by atomic mass is 32.2. The largest absolute Gasteiger partial charge is 0.434 e. The Labute approximate surface area is 156 Å². The second-order valence-corrected chi connectivity index (χ2v) is 7.35. The molecule has 0 unspecified atom stereocenters. The normalized spacial score (nSPS) is 12.2. The molecule has 3 aromatic rings. The average molecular weight is 414 g/mol. The van der Waals surface area contributed by atoms with E-state index in [4.69, 9.17) is 5.14 Å². The topological polar surface area (TPSA) is 73.1 Å². The first-order valence-electron chi connectivity index (χ1n) is 7.64. The maximum Gasteiger partial charge on any atom is 0.434 e. The number of nitrogens with two attached hydrogens (primary N) is 1. The smallest absolute Gasteiger partial charge is 0.225 e. The lowest BCUT2D eigenvalue weighted by atomic mass is 9.93. The Kier molecular flexibility index (Phi) is 4.94. The molecule has 3 rings (SSSR count). The maximum absolute atomic E-state index is 13.9. The SMILES string of the molecule is NS(=O)(=O)c1ccc(-c2cc(F)nc(C(F)(F)F)c2-c2ccc(F)cc2)cc1. The lowest BCUT2D eigenvalue weighted by molar-refractivity contribution is -0.141. The lowest BCUT2D eigenvalue weighted by Crippen LogP contribution is -2.13. The number of hydrogen-bond donors (Lipinski definition) is 1. The zero-order valence-corrected chi connectivity index (χ0v) is 14.7. The van der Waals surface area contributed by atoms with E-state index in [1.54, 1.807) is 0 Å². The van der Waals surface area contributed by atoms with Crippen molar-refractivity contribution in [2.75, 3.05) is 0 Å². The highest BCUT2D eigenvalue weighted by molar-refractivity contribution is 7.89. The van der Waals surface area contributed by atoms with Gasteiger partial charge < -0.3 is 0 Å². The van der Waals surface area contributed by atoms with Gasteiger partial charge in [0, 0.05) is 11.6 Å². The molecule has 0 atom stereocenters. The summed E-state index contributed by atoms with van der Waals surface area (Å²) in [5, 5.41) is 5.00. The van der Waals surface area contributed by atoms with Gasteiger partial charge in [0.15, 0.2) is 5.69 Å². The zero-order chi connectivity index (χ0) is 20.7. The van der Waals surface area contributed by atoms with Crippen LogP contribution in [0.1, 0.15) is 5.69 Å². The Morgan fingerprint density at radius 2 is 1.39 bits per heavy atom. The Balaban J connectivity index is 2.31. The number of hydrogen-bond acceptors (Lipinski definition) is 3. The van der Waals surface area contributed by atoms with Gasteiger partial charge in [0.2, 0.25) is 16.0 Å². The Morgan fingerprint density at radius 3 is 1.89 bits per heavy atom. The Bertz CT molecular complexity index is 1130. The van der Waals surface area contributed by atoms with Crippen LogP contribution in [0.15, 0.2) is 59.5 Å². The summed E-state index contributed by atoms with van der Waals surface area (Å²) in [4.78, 5) is 2.73. The summed E-state index contributed by atoms with van der Waals surface area (Å²) in [5.74, 6) is -2.03. The van der Waals surface area contributed by atoms with Crippen molar-refractivity contribution in [3.8, 4) is 22.3 Å². The molecule has 0 saturated carbocycles. The standard InChI is InChI=1S/C18H11F5N2O2S/c19-12-5-1-11(2-6-12)16-14(9-15(20)25-17(16)18(21,22)23)10-3-7-13(8-4-10)28(24,26)27/h1-9H,(H2,24,26,27). The van der Waals surface area contributed by atoms with Crippen molar-refractivity contribution in [1.82, 2.24) is 4.98 Å². The zero-order valence-electron chi connectivity index (χ0n) is 13.8. The molecule has 2 N–H and O–H groups in total. The molecule has 0 bridgehead atoms. The van der Waals surface area contributed by atoms with Gasteiger partial charge in [-0.25, -0.2) is 22.9 Å². The van der Waals surface area contributed by atoms with Crippen LogP contribution in [0.25, 0.3) is 22.3 Å². The van der Waals surface area contributed by atoms with Crippen LogP contribution in [-0.2, 0) is 16.2 Å². The van der Waals surface area contributed by atoms with Crippen LogP contribution in [0.2, 0.25) is 0 Å². The lowest BCUT2D eigenvalue weighted by Gasteiger charge is -2.17. The summed E-state index contributed by atoms with van der Waals surface area (Å²) in [6.45, 7) is 0. The van der Waals surface area contributed by atoms with Crippen LogP contribution in [0.4, 0.5) is 22.0 Å². The molecular weight excluding hydrogens is 403 g/mol. The van der Waals surface area contributed by atoms with Gasteiger partial charge >= 0.3 is 6.18 Å². The molecule has 1 heterocycles. The van der Waals surface area contributed by atoms with Crippen LogP contribution in [-0.4, -0.2) is 13.4 Å². The van der Waals surface area contributed by atoms with E-state index in [2.05, 4.69) is 4.98 Å². The summed E-state index contributed by atoms with van der Waals surface area (Å²) in [7, 11) is -4.02. The number of pyridine rings is 1. The van der Waals surface area contributed by atoms with E-state index in [0.717, 1.165) is 42.5 Å². The van der Waals surface area contributed by atoms with E-state index in [9.17, 15) is 30.4 Å². The van der Waals surface area contributed by atoms with Gasteiger partial charge in [0.05, 0.1) is 4.90 Å². The fourth-order valence-corrected chi connectivity index (χ4v) is 3.19. The molecule has 0 aliphatic rings. The highest BCUT2D eigenvalue weighted by Gasteiger charge is 2.38. The van der Waals surface area contributed by atoms with Gasteiger partial charge in [0.1, 0.15) is 5.82 Å². The summed E-state index contributed by atoms with van der Waals surface area (Å²) in [6, 6.07) is 9.52. The summed E-state index contributed by atoms with van der Waals surface area (Å²) in [6.07, 6.45) is -4.99. The van der Waals surface area contributed by atoms with E-state index in [1.807, 2.05) is 0 Å². The second-order valence-electron chi connectivity index (χ2n) is 5.79. The van der Waals surface area contributed by atoms with Crippen molar-refractivity contribution in [3.05, 3.63) is 72.1 Å². The first-order valence-corrected chi connectivity index (χ1v) is 9.18. The van der Waals surface area contributed by atoms with Gasteiger partial charge in [-0.2, -0.15) is 17.6 Å². The van der Waals surface area contributed by atoms with Gasteiger partial charge in [-0.05, 0) is 41.0 Å². The highest BCUT2D eigenvalue weighted by Crippen LogP contribution is 2.41. The van der Waals surface area contributed by atoms with Gasteiger partial charge in [-0.15, -0.1) is 0 Å². The van der Waals surface area contributed by atoms with Gasteiger partial charge in [-0.1, -0.05) is 24.3 Å². The monoisotopic (exact) mass is 414 g/mol. The Hall–Kier alpha value is -2.85. The molecule has 0 amide bonds. The van der Waals surface area contributed by atoms with Crippen molar-refractivity contribution in [1.29, 1.82) is 0 Å². The van der Waals surface area contributed by atoms with Crippen LogP contribution in [0, 0.1) is 11.8 Å². The first kappa shape index (κ1) is 19.9. The van der Waals surface area contributed by atoms with Crippen LogP contribution in [0.3, 0.4) is 0 Å². The predicted molar refractivity (Wildman–Crippen MR) is 91.4 cm³/mol. The fraction of sp³-hybridized carbons (Fsp3) is 0.0556. The van der Waals surface area contributed by atoms with Crippen LogP contribution in [0.5, 0.6) is 0 Å². The number of primary sulfonamides is 1. The molecule has 0 fully saturated rings. The molecule has 2 aromatic carbocycles. The molecule has 0 saturated heterocycles. The number of sulfonamides is 1. The number of halogens is 5. The van der Waals surface area contributed by atoms with Crippen LogP contribution >= 0.6 is 0 Å². The van der Waals surface area contributed by atoms with Crippen molar-refractivity contribution in [2.45, 2.75) is 11.1 Å². The van der Waals surface area contributed by atoms with Crippen molar-refractivity contribution in [2.24, 2.45) is 5.14 Å². The third-order valence-electron chi connectivity index (χ3n) is 3.88. The number of aromatic nitrogens is 1. The molecule has 0 radical (unpaired) electrons. The van der Waals surface area contributed by atoms with E-state index >= 15 is 0 Å². The molecule has 0 aliphatic heterocycles. The third-order valence-corrected chi connectivity index (χ3v) is 4.81. The fourth-order valence-electron chi connectivity index (χ4n) is 2.68. The third kappa shape index (κ3) is 4.02. The van der Waals surface area contributed by atoms with E-state index in [0.29, 0.717) is 0 Å². The van der Waals surface area contributed by atoms with Crippen molar-refractivity contribution < 1.29 is 30.4 Å². The van der Waals surface area contributed by atoms with E-state index in [1.165, 1.54) is 12.1 Å². The predicted octanol–water partition coefficient (Wildman–Crippen LogP) is 4.36. The number of nitrogens with zero attached hydrogens (tertiary/aromatic N) is 1. The van der Waals surface area contributed by atoms with Gasteiger partial charge in [0.25, 0.3) is 0 Å². The maximum atomic E-state index is 13.9. The molecule has 146 valence electrons. The number of alkyl halides is 3. The summed E-state index contributed by atoms with van der Waals surface area (Å²) < 4.78 is 90.4. The second kappa shape index (κ2) is 6.95. The van der Waals surface area contributed by atoms with Gasteiger partial charge in [-0.3, -0.25) is 0 Å². The molecule has 4 nitrogen and oxygen atoms in total. The average Bonchev–Trinajstić information content (AvgIpc) is 2.60. The molecule has 1 aromatic heterocycles. The molecular formula is C18H11F5N2O2S. The molecule has 28 heavy (non-hydrogen) atoms. The number of benzene rings is 2. The van der Waals surface area contributed by atoms with Crippen LogP contribution < -0.4 is 5.14 Å². The molecule has 0 aliphatic carbocycles. The minimum Gasteiger partial charge on any atom is -0.225 e. The van der Waals surface area contributed by atoms with E-state index in [-0.39, 0.29) is 21.6 Å². The van der Waals surface area contributed by atoms with Crippen molar-refractivity contribution in [3.63, 3.8) is 0 Å². The summed E-state index contributed by atoms with van der Waals surface area (Å²) in [5.41, 5.74) is -2.07. The minimum atomic E-state index is -4.99. The van der Waals surface area contributed by atoms with Crippen molar-refractivity contribution >= 4 is 10.0 Å². The molecule has 0 spiro atoms. The first-order chi connectivity index (χ1) is 13.0. The molecule has 10 heteroatoms. The Morgan fingerprint density at radius 1 is 0.857 bits per heavy atom.